The number of ether oxygens (including phenoxy) is 1. The number of nitrogens with one attached hydrogen (secondary N) is 2. The van der Waals surface area contributed by atoms with Crippen molar-refractivity contribution in [3.8, 4) is 0 Å². The zero-order chi connectivity index (χ0) is 12.4. The highest BCUT2D eigenvalue weighted by Crippen LogP contribution is 1.88. The van der Waals surface area contributed by atoms with Gasteiger partial charge in [-0.25, -0.2) is 0 Å². The van der Waals surface area contributed by atoms with Crippen molar-refractivity contribution in [1.29, 1.82) is 0 Å². The lowest BCUT2D eigenvalue weighted by Gasteiger charge is -2.13. The summed E-state index contributed by atoms with van der Waals surface area (Å²) in [4.78, 5) is 22.5. The van der Waals surface area contributed by atoms with Crippen molar-refractivity contribution in [1.82, 2.24) is 10.6 Å². The van der Waals surface area contributed by atoms with Crippen molar-refractivity contribution in [2.75, 3.05) is 26.9 Å². The number of carbonyl (C=O) groups excluding carboxylic acids is 2. The fourth-order valence-corrected chi connectivity index (χ4v) is 1.03. The van der Waals surface area contributed by atoms with Gasteiger partial charge in [0, 0.05) is 20.3 Å². The minimum absolute atomic E-state index is 0.167. The first kappa shape index (κ1) is 14.9. The van der Waals surface area contributed by atoms with Gasteiger partial charge in [-0.2, -0.15) is 0 Å². The number of aliphatic hydroxyl groups is 1. The molecule has 2 amide bonds. The second-order valence-electron chi connectivity index (χ2n) is 3.36. The molecule has 0 radical (unpaired) electrons. The molecule has 3 N–H and O–H groups in total. The monoisotopic (exact) mass is 232 g/mol. The van der Waals surface area contributed by atoms with Crippen LogP contribution in [-0.4, -0.2) is 49.8 Å². The van der Waals surface area contributed by atoms with E-state index in [-0.39, 0.29) is 12.6 Å². The number of carbonyl (C=O) groups is 2. The first-order chi connectivity index (χ1) is 7.65. The molecule has 6 nitrogen and oxygen atoms in total. The molecule has 0 aliphatic carbocycles. The van der Waals surface area contributed by atoms with Crippen LogP contribution in [0, 0.1) is 0 Å². The Bertz CT molecular complexity index is 217. The Morgan fingerprint density at radius 3 is 2.56 bits per heavy atom. The summed E-state index contributed by atoms with van der Waals surface area (Å²) in [6.45, 7) is 2.59. The Labute approximate surface area is 95.4 Å². The van der Waals surface area contributed by atoms with E-state index in [0.29, 0.717) is 26.0 Å². The summed E-state index contributed by atoms with van der Waals surface area (Å²) in [6, 6.07) is -0.364. The van der Waals surface area contributed by atoms with Crippen LogP contribution in [0.3, 0.4) is 0 Å². The van der Waals surface area contributed by atoms with Gasteiger partial charge in [-0.1, -0.05) is 6.92 Å². The molecule has 0 aliphatic heterocycles. The molecule has 0 rings (SSSR count). The van der Waals surface area contributed by atoms with Crippen molar-refractivity contribution in [3.05, 3.63) is 0 Å². The first-order valence-corrected chi connectivity index (χ1v) is 5.34. The van der Waals surface area contributed by atoms with E-state index in [1.807, 2.05) is 6.92 Å². The van der Waals surface area contributed by atoms with Gasteiger partial charge in [-0.3, -0.25) is 9.59 Å². The Hall–Kier alpha value is -1.14. The molecule has 0 unspecified atom stereocenters. The molecule has 0 aromatic heterocycles. The van der Waals surface area contributed by atoms with E-state index in [0.717, 1.165) is 0 Å². The van der Waals surface area contributed by atoms with E-state index >= 15 is 0 Å². The maximum absolute atomic E-state index is 11.3. The summed E-state index contributed by atoms with van der Waals surface area (Å²) in [5.41, 5.74) is 0. The molecule has 0 heterocycles. The van der Waals surface area contributed by atoms with Crippen LogP contribution >= 0.6 is 0 Å². The van der Waals surface area contributed by atoms with Crippen molar-refractivity contribution in [3.63, 3.8) is 0 Å². The Kier molecular flexibility index (Phi) is 8.46. The molecule has 0 aromatic carbocycles. The van der Waals surface area contributed by atoms with Gasteiger partial charge in [0.05, 0.1) is 12.6 Å². The summed E-state index contributed by atoms with van der Waals surface area (Å²) >= 11 is 0. The highest BCUT2D eigenvalue weighted by molar-refractivity contribution is 6.35. The Morgan fingerprint density at radius 1 is 1.38 bits per heavy atom. The fourth-order valence-electron chi connectivity index (χ4n) is 1.03. The molecule has 1 atom stereocenters. The van der Waals surface area contributed by atoms with Crippen LogP contribution in [-0.2, 0) is 14.3 Å². The van der Waals surface area contributed by atoms with E-state index < -0.39 is 11.8 Å². The number of aliphatic hydroxyl groups excluding tert-OH is 1. The lowest BCUT2D eigenvalue weighted by molar-refractivity contribution is -0.139. The SMILES string of the molecule is CC[C@@H](CO)NC(=O)C(=O)NCCCOC. The Morgan fingerprint density at radius 2 is 2.06 bits per heavy atom. The highest BCUT2D eigenvalue weighted by atomic mass is 16.5. The minimum Gasteiger partial charge on any atom is -0.394 e. The standard InChI is InChI=1S/C10H20N2O4/c1-3-8(7-13)12-10(15)9(14)11-5-4-6-16-2/h8,13H,3-7H2,1-2H3,(H,11,14)(H,12,15)/t8-/m0/s1. The molecular weight excluding hydrogens is 212 g/mol. The molecule has 0 aromatic rings. The smallest absolute Gasteiger partial charge is 0.309 e. The average molecular weight is 232 g/mol. The van der Waals surface area contributed by atoms with Gasteiger partial charge in [-0.15, -0.1) is 0 Å². The predicted octanol–water partition coefficient (Wildman–Crippen LogP) is -0.974. The average Bonchev–Trinajstić information content (AvgIpc) is 2.30. The van der Waals surface area contributed by atoms with Gasteiger partial charge in [0.2, 0.25) is 0 Å². The third-order valence-corrected chi connectivity index (χ3v) is 2.07. The lowest BCUT2D eigenvalue weighted by Crippen LogP contribution is -2.46. The third kappa shape index (κ3) is 6.36. The summed E-state index contributed by atoms with van der Waals surface area (Å²) < 4.78 is 4.80. The maximum Gasteiger partial charge on any atom is 0.309 e. The van der Waals surface area contributed by atoms with E-state index in [2.05, 4.69) is 10.6 Å². The van der Waals surface area contributed by atoms with E-state index in [1.54, 1.807) is 7.11 Å². The van der Waals surface area contributed by atoms with Crippen LogP contribution < -0.4 is 10.6 Å². The summed E-state index contributed by atoms with van der Waals surface area (Å²) in [5, 5.41) is 13.7. The molecule has 0 saturated heterocycles. The van der Waals surface area contributed by atoms with E-state index in [4.69, 9.17) is 9.84 Å². The van der Waals surface area contributed by atoms with Crippen molar-refractivity contribution in [2.45, 2.75) is 25.8 Å². The van der Waals surface area contributed by atoms with Gasteiger partial charge in [0.25, 0.3) is 0 Å². The van der Waals surface area contributed by atoms with Gasteiger partial charge >= 0.3 is 11.8 Å². The first-order valence-electron chi connectivity index (χ1n) is 5.34. The zero-order valence-electron chi connectivity index (χ0n) is 9.78. The second kappa shape index (κ2) is 9.11. The van der Waals surface area contributed by atoms with Crippen LogP contribution in [0.2, 0.25) is 0 Å². The molecular formula is C10H20N2O4. The third-order valence-electron chi connectivity index (χ3n) is 2.07. The number of rotatable bonds is 7. The minimum atomic E-state index is -0.710. The van der Waals surface area contributed by atoms with E-state index in [1.165, 1.54) is 0 Å². The van der Waals surface area contributed by atoms with Crippen LogP contribution in [0.25, 0.3) is 0 Å². The number of hydrogen-bond donors (Lipinski definition) is 3. The molecule has 0 saturated carbocycles. The van der Waals surface area contributed by atoms with Gasteiger partial charge in [0.15, 0.2) is 0 Å². The molecule has 16 heavy (non-hydrogen) atoms. The molecule has 0 spiro atoms. The van der Waals surface area contributed by atoms with Gasteiger partial charge in [-0.05, 0) is 12.8 Å². The summed E-state index contributed by atoms with van der Waals surface area (Å²) in [6.07, 6.45) is 1.24. The molecule has 6 heteroatoms. The van der Waals surface area contributed by atoms with Crippen molar-refractivity contribution < 1.29 is 19.4 Å². The topological polar surface area (TPSA) is 87.7 Å². The van der Waals surface area contributed by atoms with Gasteiger partial charge < -0.3 is 20.5 Å². The predicted molar refractivity (Wildman–Crippen MR) is 58.8 cm³/mol. The summed E-state index contributed by atoms with van der Waals surface area (Å²) in [7, 11) is 1.57. The van der Waals surface area contributed by atoms with Crippen LogP contribution in [0.5, 0.6) is 0 Å². The molecule has 94 valence electrons. The summed E-state index contributed by atoms with van der Waals surface area (Å²) in [5.74, 6) is -1.39. The van der Waals surface area contributed by atoms with E-state index in [9.17, 15) is 9.59 Å². The quantitative estimate of drug-likeness (QED) is 0.389. The van der Waals surface area contributed by atoms with Crippen LogP contribution in [0.4, 0.5) is 0 Å². The Balaban J connectivity index is 3.77. The van der Waals surface area contributed by atoms with Crippen LogP contribution in [0.15, 0.2) is 0 Å². The zero-order valence-corrected chi connectivity index (χ0v) is 9.78. The maximum atomic E-state index is 11.3. The van der Waals surface area contributed by atoms with Gasteiger partial charge in [0.1, 0.15) is 0 Å². The second-order valence-corrected chi connectivity index (χ2v) is 3.36. The van der Waals surface area contributed by atoms with Crippen molar-refractivity contribution >= 4 is 11.8 Å². The van der Waals surface area contributed by atoms with Crippen LogP contribution in [0.1, 0.15) is 19.8 Å². The molecule has 0 aliphatic rings. The largest absolute Gasteiger partial charge is 0.394 e. The highest BCUT2D eigenvalue weighted by Gasteiger charge is 2.16. The molecule has 0 bridgehead atoms. The number of amides is 2. The number of methoxy groups -OCH3 is 1. The normalized spacial score (nSPS) is 11.9. The number of hydrogen-bond acceptors (Lipinski definition) is 4. The lowest BCUT2D eigenvalue weighted by atomic mass is 10.2. The molecule has 0 fully saturated rings. The fraction of sp³-hybridized carbons (Fsp3) is 0.800. The van der Waals surface area contributed by atoms with Crippen molar-refractivity contribution in [2.24, 2.45) is 0 Å².